The average Bonchev–Trinajstić information content (AvgIpc) is 3.23. The zero-order valence-electron chi connectivity index (χ0n) is 15.3. The maximum absolute atomic E-state index is 4.58. The van der Waals surface area contributed by atoms with Crippen molar-refractivity contribution in [1.82, 2.24) is 24.6 Å². The van der Waals surface area contributed by atoms with E-state index in [1.54, 1.807) is 6.20 Å². The van der Waals surface area contributed by atoms with Gasteiger partial charge >= 0.3 is 0 Å². The maximum Gasteiger partial charge on any atom is 0.0965 e. The van der Waals surface area contributed by atoms with E-state index >= 15 is 0 Å². The Balaban J connectivity index is 1.63. The second-order valence-electron chi connectivity index (χ2n) is 6.02. The number of nitrogens with zero attached hydrogens (tertiary/aromatic N) is 5. The van der Waals surface area contributed by atoms with Crippen LogP contribution in [0.1, 0.15) is 18.2 Å². The van der Waals surface area contributed by atoms with Crippen molar-refractivity contribution in [1.29, 1.82) is 0 Å². The van der Waals surface area contributed by atoms with Crippen LogP contribution < -0.4 is 5.32 Å². The Kier molecular flexibility index (Phi) is 5.76. The molecular weight excluding hydrogens is 324 g/mol. The number of hydrogen-bond donors (Lipinski definition) is 1. The van der Waals surface area contributed by atoms with E-state index in [-0.39, 0.29) is 0 Å². The first-order valence-corrected chi connectivity index (χ1v) is 8.65. The standard InChI is InChI=1S/C20H24N6/c1-4-16(9-10-21-2)20-17(14-25(3)24-20)13-22-11-12-26-15-23-18-7-5-6-8-19(18)26/h4-10,14-15,22H,2,11-13H2,1,3H3/b10-9-,16-4+. The van der Waals surface area contributed by atoms with Gasteiger partial charge in [0.2, 0.25) is 0 Å². The van der Waals surface area contributed by atoms with E-state index in [1.807, 2.05) is 61.5 Å². The summed E-state index contributed by atoms with van der Waals surface area (Å²) in [4.78, 5) is 8.21. The van der Waals surface area contributed by atoms with Crippen molar-refractivity contribution in [2.24, 2.45) is 12.0 Å². The third-order valence-corrected chi connectivity index (χ3v) is 4.22. The van der Waals surface area contributed by atoms with Gasteiger partial charge in [0.25, 0.3) is 0 Å². The van der Waals surface area contributed by atoms with Crippen LogP contribution in [0.3, 0.4) is 0 Å². The minimum Gasteiger partial charge on any atom is -0.329 e. The highest BCUT2D eigenvalue weighted by atomic mass is 15.3. The first-order chi connectivity index (χ1) is 12.7. The lowest BCUT2D eigenvalue weighted by atomic mass is 10.1. The number of aliphatic imine (C=N–C) groups is 1. The Morgan fingerprint density at radius 2 is 2.19 bits per heavy atom. The van der Waals surface area contributed by atoms with Crippen molar-refractivity contribution in [2.45, 2.75) is 20.0 Å². The van der Waals surface area contributed by atoms with Crippen LogP contribution in [-0.4, -0.2) is 32.6 Å². The maximum atomic E-state index is 4.58. The molecule has 0 fully saturated rings. The fraction of sp³-hybridized carbons (Fsp3) is 0.250. The quantitative estimate of drug-likeness (QED) is 0.386. The largest absolute Gasteiger partial charge is 0.329 e. The first kappa shape index (κ1) is 17.8. The number of imidazole rings is 1. The molecule has 6 nitrogen and oxygen atoms in total. The number of allylic oxidation sites excluding steroid dienone is 3. The number of nitrogens with one attached hydrogen (secondary N) is 1. The monoisotopic (exact) mass is 348 g/mol. The van der Waals surface area contributed by atoms with Gasteiger partial charge in [0.1, 0.15) is 0 Å². The Morgan fingerprint density at radius 1 is 1.35 bits per heavy atom. The lowest BCUT2D eigenvalue weighted by Gasteiger charge is -2.07. The van der Waals surface area contributed by atoms with Crippen molar-refractivity contribution in [3.05, 3.63) is 66.4 Å². The van der Waals surface area contributed by atoms with Crippen molar-refractivity contribution < 1.29 is 0 Å². The van der Waals surface area contributed by atoms with Crippen LogP contribution in [0.25, 0.3) is 16.6 Å². The molecule has 2 aromatic heterocycles. The van der Waals surface area contributed by atoms with Crippen molar-refractivity contribution in [2.75, 3.05) is 6.54 Å². The fourth-order valence-corrected chi connectivity index (χ4v) is 2.97. The van der Waals surface area contributed by atoms with Gasteiger partial charge in [-0.15, -0.1) is 0 Å². The average molecular weight is 348 g/mol. The third-order valence-electron chi connectivity index (χ3n) is 4.22. The number of aromatic nitrogens is 4. The van der Waals surface area contributed by atoms with Crippen molar-refractivity contribution in [3.8, 4) is 0 Å². The molecule has 1 N–H and O–H groups in total. The summed E-state index contributed by atoms with van der Waals surface area (Å²) >= 11 is 0. The lowest BCUT2D eigenvalue weighted by Crippen LogP contribution is -2.19. The Labute approximate surface area is 153 Å². The van der Waals surface area contributed by atoms with E-state index in [2.05, 4.69) is 37.7 Å². The summed E-state index contributed by atoms with van der Waals surface area (Å²) in [6.07, 6.45) is 9.59. The summed E-state index contributed by atoms with van der Waals surface area (Å²) < 4.78 is 4.01. The predicted octanol–water partition coefficient (Wildman–Crippen LogP) is 3.18. The highest BCUT2D eigenvalue weighted by Gasteiger charge is 2.10. The van der Waals surface area contributed by atoms with Crippen LogP contribution in [0, 0.1) is 0 Å². The molecule has 3 aromatic rings. The first-order valence-electron chi connectivity index (χ1n) is 8.65. The predicted molar refractivity (Wildman–Crippen MR) is 107 cm³/mol. The zero-order valence-corrected chi connectivity index (χ0v) is 15.3. The van der Waals surface area contributed by atoms with E-state index < -0.39 is 0 Å². The molecule has 0 bridgehead atoms. The van der Waals surface area contributed by atoms with Crippen LogP contribution in [0.5, 0.6) is 0 Å². The van der Waals surface area contributed by atoms with Crippen molar-refractivity contribution >= 4 is 23.3 Å². The van der Waals surface area contributed by atoms with Gasteiger partial charge in [-0.3, -0.25) is 9.67 Å². The Morgan fingerprint density at radius 3 is 3.00 bits per heavy atom. The summed E-state index contributed by atoms with van der Waals surface area (Å²) in [6, 6.07) is 8.18. The van der Waals surface area contributed by atoms with E-state index in [0.29, 0.717) is 0 Å². The van der Waals surface area contributed by atoms with Crippen LogP contribution >= 0.6 is 0 Å². The number of aryl methyl sites for hydroxylation is 1. The molecular formula is C20H24N6. The molecule has 0 spiro atoms. The highest BCUT2D eigenvalue weighted by molar-refractivity contribution is 5.75. The normalized spacial score (nSPS) is 12.3. The highest BCUT2D eigenvalue weighted by Crippen LogP contribution is 2.19. The number of hydrogen-bond acceptors (Lipinski definition) is 4. The molecule has 1 aromatic carbocycles. The number of fused-ring (bicyclic) bond motifs is 1. The summed E-state index contributed by atoms with van der Waals surface area (Å²) in [6.45, 7) is 7.96. The molecule has 0 unspecified atom stereocenters. The molecule has 26 heavy (non-hydrogen) atoms. The minimum atomic E-state index is 0.752. The Hall–Kier alpha value is -2.99. The van der Waals surface area contributed by atoms with Crippen LogP contribution in [0.4, 0.5) is 0 Å². The van der Waals surface area contributed by atoms with Gasteiger partial charge in [-0.25, -0.2) is 4.98 Å². The van der Waals surface area contributed by atoms with Gasteiger partial charge in [0, 0.05) is 44.6 Å². The second-order valence-corrected chi connectivity index (χ2v) is 6.02. The van der Waals surface area contributed by atoms with Gasteiger partial charge in [-0.1, -0.05) is 18.2 Å². The number of benzene rings is 1. The van der Waals surface area contributed by atoms with Gasteiger partial charge in [0.05, 0.1) is 23.1 Å². The van der Waals surface area contributed by atoms with Crippen LogP contribution in [0.15, 0.2) is 60.1 Å². The summed E-state index contributed by atoms with van der Waals surface area (Å²) in [5, 5.41) is 8.09. The SMILES string of the molecule is C=N/C=C\C(=C/C)c1nn(C)cc1CNCCn1cnc2ccccc21. The molecule has 0 aliphatic carbocycles. The molecule has 0 atom stereocenters. The minimum absolute atomic E-state index is 0.752. The number of rotatable bonds is 8. The molecule has 134 valence electrons. The molecule has 0 saturated heterocycles. The molecule has 2 heterocycles. The van der Waals surface area contributed by atoms with Gasteiger partial charge in [0.15, 0.2) is 0 Å². The van der Waals surface area contributed by atoms with E-state index in [4.69, 9.17) is 0 Å². The van der Waals surface area contributed by atoms with E-state index in [0.717, 1.165) is 47.5 Å². The Bertz CT molecular complexity index is 944. The van der Waals surface area contributed by atoms with Crippen LogP contribution in [-0.2, 0) is 20.1 Å². The lowest BCUT2D eigenvalue weighted by molar-refractivity contribution is 0.606. The molecule has 0 saturated carbocycles. The summed E-state index contributed by atoms with van der Waals surface area (Å²) in [7, 11) is 1.94. The molecule has 6 heteroatoms. The fourth-order valence-electron chi connectivity index (χ4n) is 2.97. The van der Waals surface area contributed by atoms with Crippen LogP contribution in [0.2, 0.25) is 0 Å². The van der Waals surface area contributed by atoms with E-state index in [9.17, 15) is 0 Å². The summed E-state index contributed by atoms with van der Waals surface area (Å²) in [5.74, 6) is 0. The van der Waals surface area contributed by atoms with Crippen molar-refractivity contribution in [3.63, 3.8) is 0 Å². The third kappa shape index (κ3) is 3.97. The topological polar surface area (TPSA) is 60.0 Å². The molecule has 0 aliphatic heterocycles. The second kappa shape index (κ2) is 8.40. The smallest absolute Gasteiger partial charge is 0.0965 e. The van der Waals surface area contributed by atoms with Gasteiger partial charge in [-0.05, 0) is 37.4 Å². The molecule has 0 radical (unpaired) electrons. The van der Waals surface area contributed by atoms with Gasteiger partial charge in [-0.2, -0.15) is 5.10 Å². The molecule has 3 rings (SSSR count). The molecule has 0 aliphatic rings. The number of para-hydroxylation sites is 2. The zero-order chi connectivity index (χ0) is 18.4. The van der Waals surface area contributed by atoms with E-state index in [1.165, 1.54) is 0 Å². The summed E-state index contributed by atoms with van der Waals surface area (Å²) in [5.41, 5.74) is 5.35. The van der Waals surface area contributed by atoms with Gasteiger partial charge < -0.3 is 9.88 Å². The molecule has 0 amide bonds.